The number of ether oxygens (including phenoxy) is 1. The van der Waals surface area contributed by atoms with Crippen LogP contribution in [0.1, 0.15) is 11.3 Å². The van der Waals surface area contributed by atoms with Gasteiger partial charge in [0.05, 0.1) is 6.54 Å². The Labute approximate surface area is 132 Å². The number of hydrogen-bond donors (Lipinski definition) is 1. The molecule has 0 atom stereocenters. The van der Waals surface area contributed by atoms with Crippen LogP contribution in [0.2, 0.25) is 0 Å². The molecule has 114 valence electrons. The number of carbonyl (C=O) groups is 2. The van der Waals surface area contributed by atoms with Gasteiger partial charge in [0.15, 0.2) is 0 Å². The molecule has 5 nitrogen and oxygen atoms in total. The molecule has 1 aromatic heterocycles. The SMILES string of the molecule is O=C(CCc1cccs1)Nc1ccc(N2CCOC2=O)cc1. The van der Waals surface area contributed by atoms with E-state index >= 15 is 0 Å². The van der Waals surface area contributed by atoms with Crippen LogP contribution < -0.4 is 10.2 Å². The maximum absolute atomic E-state index is 11.9. The topological polar surface area (TPSA) is 58.6 Å². The molecule has 3 rings (SSSR count). The first kappa shape index (κ1) is 14.6. The molecule has 0 spiro atoms. The smallest absolute Gasteiger partial charge is 0.414 e. The molecule has 0 saturated carbocycles. The number of carbonyl (C=O) groups excluding carboxylic acids is 2. The Bertz CT molecular complexity index is 653. The molecule has 0 unspecified atom stereocenters. The second kappa shape index (κ2) is 6.62. The lowest BCUT2D eigenvalue weighted by Gasteiger charge is -2.13. The number of thiophene rings is 1. The van der Waals surface area contributed by atoms with Gasteiger partial charge in [-0.05, 0) is 42.1 Å². The third-order valence-electron chi connectivity index (χ3n) is 3.40. The number of nitrogens with one attached hydrogen (secondary N) is 1. The van der Waals surface area contributed by atoms with E-state index in [4.69, 9.17) is 4.74 Å². The van der Waals surface area contributed by atoms with Crippen LogP contribution in [-0.4, -0.2) is 25.2 Å². The monoisotopic (exact) mass is 316 g/mol. The molecular formula is C16H16N2O3S. The van der Waals surface area contributed by atoms with Crippen molar-refractivity contribution in [3.05, 3.63) is 46.7 Å². The Morgan fingerprint density at radius 1 is 1.27 bits per heavy atom. The van der Waals surface area contributed by atoms with Crippen molar-refractivity contribution in [2.45, 2.75) is 12.8 Å². The summed E-state index contributed by atoms with van der Waals surface area (Å²) in [5.41, 5.74) is 1.51. The fraction of sp³-hybridized carbons (Fsp3) is 0.250. The largest absolute Gasteiger partial charge is 0.447 e. The van der Waals surface area contributed by atoms with Crippen LogP contribution in [-0.2, 0) is 16.0 Å². The second-order valence-corrected chi connectivity index (χ2v) is 5.97. The van der Waals surface area contributed by atoms with E-state index in [1.165, 1.54) is 4.88 Å². The highest BCUT2D eigenvalue weighted by molar-refractivity contribution is 7.09. The number of aryl methyl sites for hydroxylation is 1. The van der Waals surface area contributed by atoms with Gasteiger partial charge >= 0.3 is 6.09 Å². The number of nitrogens with zero attached hydrogens (tertiary/aromatic N) is 1. The average molecular weight is 316 g/mol. The summed E-state index contributed by atoms with van der Waals surface area (Å²) >= 11 is 1.66. The summed E-state index contributed by atoms with van der Waals surface area (Å²) in [6.45, 7) is 0.978. The Kier molecular flexibility index (Phi) is 4.39. The molecule has 0 radical (unpaired) electrons. The van der Waals surface area contributed by atoms with E-state index in [0.29, 0.717) is 19.6 Å². The maximum atomic E-state index is 11.9. The van der Waals surface area contributed by atoms with E-state index in [1.54, 1.807) is 28.4 Å². The molecule has 22 heavy (non-hydrogen) atoms. The van der Waals surface area contributed by atoms with E-state index in [-0.39, 0.29) is 12.0 Å². The summed E-state index contributed by atoms with van der Waals surface area (Å²) in [7, 11) is 0. The zero-order valence-electron chi connectivity index (χ0n) is 12.0. The second-order valence-electron chi connectivity index (χ2n) is 4.94. The minimum Gasteiger partial charge on any atom is -0.447 e. The highest BCUT2D eigenvalue weighted by atomic mass is 32.1. The summed E-state index contributed by atoms with van der Waals surface area (Å²) in [4.78, 5) is 26.2. The molecule has 0 bridgehead atoms. The summed E-state index contributed by atoms with van der Waals surface area (Å²) < 4.78 is 4.90. The van der Waals surface area contributed by atoms with E-state index in [0.717, 1.165) is 17.8 Å². The van der Waals surface area contributed by atoms with Crippen LogP contribution in [0.5, 0.6) is 0 Å². The van der Waals surface area contributed by atoms with Gasteiger partial charge in [0, 0.05) is 22.7 Å². The van der Waals surface area contributed by atoms with Crippen LogP contribution >= 0.6 is 11.3 Å². The average Bonchev–Trinajstić information content (AvgIpc) is 3.17. The van der Waals surface area contributed by atoms with Crippen LogP contribution in [0.4, 0.5) is 16.2 Å². The van der Waals surface area contributed by atoms with Crippen LogP contribution in [0, 0.1) is 0 Å². The van der Waals surface area contributed by atoms with Crippen molar-refractivity contribution in [2.24, 2.45) is 0 Å². The Hall–Kier alpha value is -2.34. The molecule has 1 aliphatic rings. The molecule has 1 N–H and O–H groups in total. The Morgan fingerprint density at radius 2 is 2.09 bits per heavy atom. The lowest BCUT2D eigenvalue weighted by Crippen LogP contribution is -2.23. The van der Waals surface area contributed by atoms with Crippen molar-refractivity contribution >= 4 is 34.7 Å². The van der Waals surface area contributed by atoms with Crippen molar-refractivity contribution < 1.29 is 14.3 Å². The number of cyclic esters (lactones) is 1. The summed E-state index contributed by atoms with van der Waals surface area (Å²) in [5.74, 6) is -0.0123. The molecule has 2 amide bonds. The van der Waals surface area contributed by atoms with Gasteiger partial charge in [-0.2, -0.15) is 0 Å². The van der Waals surface area contributed by atoms with Crippen LogP contribution in [0.15, 0.2) is 41.8 Å². The fourth-order valence-electron chi connectivity index (χ4n) is 2.27. The van der Waals surface area contributed by atoms with Gasteiger partial charge in [0.25, 0.3) is 0 Å². The zero-order valence-corrected chi connectivity index (χ0v) is 12.8. The quantitative estimate of drug-likeness (QED) is 0.921. The standard InChI is InChI=1S/C16H16N2O3S/c19-15(8-7-14-2-1-11-22-14)17-12-3-5-13(6-4-12)18-9-10-21-16(18)20/h1-6,11H,7-10H2,(H,17,19). The number of anilines is 2. The maximum Gasteiger partial charge on any atom is 0.414 e. The first-order valence-electron chi connectivity index (χ1n) is 7.09. The van der Waals surface area contributed by atoms with Crippen molar-refractivity contribution in [3.8, 4) is 0 Å². The molecule has 6 heteroatoms. The highest BCUT2D eigenvalue weighted by Gasteiger charge is 2.23. The van der Waals surface area contributed by atoms with Gasteiger partial charge in [-0.1, -0.05) is 6.07 Å². The lowest BCUT2D eigenvalue weighted by atomic mass is 10.2. The number of amides is 2. The molecule has 1 aliphatic heterocycles. The van der Waals surface area contributed by atoms with E-state index in [1.807, 2.05) is 29.6 Å². The van der Waals surface area contributed by atoms with Crippen molar-refractivity contribution in [2.75, 3.05) is 23.4 Å². The predicted molar refractivity (Wildman–Crippen MR) is 86.4 cm³/mol. The van der Waals surface area contributed by atoms with Crippen molar-refractivity contribution in [1.29, 1.82) is 0 Å². The molecular weight excluding hydrogens is 300 g/mol. The highest BCUT2D eigenvalue weighted by Crippen LogP contribution is 2.21. The van der Waals surface area contributed by atoms with Gasteiger partial charge in [-0.25, -0.2) is 4.79 Å². The van der Waals surface area contributed by atoms with Crippen LogP contribution in [0.25, 0.3) is 0 Å². The Morgan fingerprint density at radius 3 is 2.73 bits per heavy atom. The molecule has 1 aromatic carbocycles. The minimum absolute atomic E-state index is 0.0123. The Balaban J connectivity index is 1.54. The number of hydrogen-bond acceptors (Lipinski definition) is 4. The molecule has 2 aromatic rings. The normalized spacial score (nSPS) is 14.0. The fourth-order valence-corrected chi connectivity index (χ4v) is 2.98. The summed E-state index contributed by atoms with van der Waals surface area (Å²) in [5, 5.41) is 4.87. The first-order chi connectivity index (χ1) is 10.7. The zero-order chi connectivity index (χ0) is 15.4. The molecule has 1 saturated heterocycles. The predicted octanol–water partition coefficient (Wildman–Crippen LogP) is 3.28. The van der Waals surface area contributed by atoms with E-state index < -0.39 is 0 Å². The number of benzene rings is 1. The van der Waals surface area contributed by atoms with Gasteiger partial charge in [-0.15, -0.1) is 11.3 Å². The molecule has 2 heterocycles. The van der Waals surface area contributed by atoms with E-state index in [9.17, 15) is 9.59 Å². The van der Waals surface area contributed by atoms with Crippen LogP contribution in [0.3, 0.4) is 0 Å². The van der Waals surface area contributed by atoms with Gasteiger partial charge in [0.2, 0.25) is 5.91 Å². The van der Waals surface area contributed by atoms with Gasteiger partial charge < -0.3 is 10.1 Å². The third-order valence-corrected chi connectivity index (χ3v) is 4.34. The van der Waals surface area contributed by atoms with E-state index in [2.05, 4.69) is 5.32 Å². The van der Waals surface area contributed by atoms with Gasteiger partial charge in [0.1, 0.15) is 6.61 Å². The van der Waals surface area contributed by atoms with Crippen molar-refractivity contribution in [1.82, 2.24) is 0 Å². The molecule has 0 aliphatic carbocycles. The third kappa shape index (κ3) is 3.46. The van der Waals surface area contributed by atoms with Crippen molar-refractivity contribution in [3.63, 3.8) is 0 Å². The van der Waals surface area contributed by atoms with Gasteiger partial charge in [-0.3, -0.25) is 9.69 Å². The molecule has 1 fully saturated rings. The lowest BCUT2D eigenvalue weighted by molar-refractivity contribution is -0.116. The summed E-state index contributed by atoms with van der Waals surface area (Å²) in [6.07, 6.45) is 0.884. The summed E-state index contributed by atoms with van der Waals surface area (Å²) in [6, 6.07) is 11.2. The first-order valence-corrected chi connectivity index (χ1v) is 7.97. The number of rotatable bonds is 5. The minimum atomic E-state index is -0.326.